The Balaban J connectivity index is 2.26. The molecule has 0 radical (unpaired) electrons. The molecule has 1 heterocycles. The molecule has 0 aliphatic carbocycles. The van der Waals surface area contributed by atoms with E-state index < -0.39 is 9.84 Å². The fourth-order valence-electron chi connectivity index (χ4n) is 2.59. The molecule has 0 N–H and O–H groups in total. The van der Waals surface area contributed by atoms with Crippen LogP contribution in [0.1, 0.15) is 6.92 Å². The van der Waals surface area contributed by atoms with Crippen molar-refractivity contribution in [3.8, 4) is 0 Å². The number of ether oxygens (including phenoxy) is 1. The lowest BCUT2D eigenvalue weighted by molar-refractivity contribution is 0.0246. The van der Waals surface area contributed by atoms with Gasteiger partial charge in [0.2, 0.25) is 0 Å². The molecule has 1 aliphatic rings. The van der Waals surface area contributed by atoms with Gasteiger partial charge in [0.15, 0.2) is 9.84 Å². The van der Waals surface area contributed by atoms with Gasteiger partial charge in [0.05, 0.1) is 29.0 Å². The fourth-order valence-corrected chi connectivity index (χ4v) is 3.71. The Labute approximate surface area is 127 Å². The van der Waals surface area contributed by atoms with Gasteiger partial charge in [-0.2, -0.15) is 0 Å². The number of sulfone groups is 1. The lowest BCUT2D eigenvalue weighted by Crippen LogP contribution is -2.46. The van der Waals surface area contributed by atoms with Crippen molar-refractivity contribution in [2.75, 3.05) is 51.0 Å². The summed E-state index contributed by atoms with van der Waals surface area (Å²) in [4.78, 5) is 4.64. The van der Waals surface area contributed by atoms with Gasteiger partial charge in [-0.25, -0.2) is 8.42 Å². The largest absolute Gasteiger partial charge is 0.373 e. The molecule has 0 spiro atoms. The summed E-state index contributed by atoms with van der Waals surface area (Å²) in [6.45, 7) is 4.58. The molecule has 21 heavy (non-hydrogen) atoms. The molecule has 2 rings (SSSR count). The lowest BCUT2D eigenvalue weighted by atomic mass is 10.2. The topological polar surface area (TPSA) is 49.9 Å². The van der Waals surface area contributed by atoms with Crippen LogP contribution >= 0.6 is 0 Å². The van der Waals surface area contributed by atoms with Gasteiger partial charge in [0, 0.05) is 19.6 Å². The number of rotatable bonds is 5. The Morgan fingerprint density at radius 2 is 2.05 bits per heavy atom. The summed E-state index contributed by atoms with van der Waals surface area (Å²) in [7, 11) is 0.812. The van der Waals surface area contributed by atoms with Gasteiger partial charge >= 0.3 is 0 Å². The van der Waals surface area contributed by atoms with Gasteiger partial charge in [-0.15, -0.1) is 0 Å². The Hall–Kier alpha value is -1.11. The predicted octanol–water partition coefficient (Wildman–Crippen LogP) is 1.25. The molecule has 0 aromatic heterocycles. The predicted molar refractivity (Wildman–Crippen MR) is 84.7 cm³/mol. The molecular weight excluding hydrogens is 288 g/mol. The summed E-state index contributed by atoms with van der Waals surface area (Å²) in [5.74, 6) is 0.121. The Morgan fingerprint density at radius 1 is 1.33 bits per heavy atom. The van der Waals surface area contributed by atoms with Crippen molar-refractivity contribution in [3.63, 3.8) is 0 Å². The van der Waals surface area contributed by atoms with Crippen LogP contribution in [0.5, 0.6) is 0 Å². The molecular formula is C15H24N2O3S. The zero-order valence-corrected chi connectivity index (χ0v) is 13.8. The van der Waals surface area contributed by atoms with Crippen LogP contribution < -0.4 is 4.90 Å². The van der Waals surface area contributed by atoms with Crippen LogP contribution in [0, 0.1) is 0 Å². The minimum atomic E-state index is -3.21. The molecule has 0 bridgehead atoms. The highest BCUT2D eigenvalue weighted by molar-refractivity contribution is 7.91. The first-order valence-corrected chi connectivity index (χ1v) is 8.92. The van der Waals surface area contributed by atoms with E-state index in [2.05, 4.69) is 9.80 Å². The summed E-state index contributed by atoms with van der Waals surface area (Å²) in [5, 5.41) is 0. The SMILES string of the molecule is CCS(=O)(=O)c1ccccc1N1CCO[C@@H](CN(C)C)C1. The van der Waals surface area contributed by atoms with Gasteiger partial charge in [0.1, 0.15) is 0 Å². The molecule has 0 amide bonds. The first-order valence-electron chi connectivity index (χ1n) is 7.27. The third kappa shape index (κ3) is 3.96. The van der Waals surface area contributed by atoms with Crippen LogP contribution in [0.15, 0.2) is 29.2 Å². The van der Waals surface area contributed by atoms with Gasteiger partial charge in [0.25, 0.3) is 0 Å². The van der Waals surface area contributed by atoms with Crippen LogP contribution in [-0.4, -0.2) is 65.5 Å². The van der Waals surface area contributed by atoms with E-state index in [9.17, 15) is 8.42 Å². The maximum Gasteiger partial charge on any atom is 0.180 e. The van der Waals surface area contributed by atoms with Crippen LogP contribution in [0.2, 0.25) is 0 Å². The number of hydrogen-bond donors (Lipinski definition) is 0. The number of nitrogens with zero attached hydrogens (tertiary/aromatic N) is 2. The normalized spacial score (nSPS) is 20.0. The van der Waals surface area contributed by atoms with Crippen molar-refractivity contribution in [2.45, 2.75) is 17.9 Å². The second-order valence-corrected chi connectivity index (χ2v) is 7.82. The highest BCUT2D eigenvalue weighted by Gasteiger charge is 2.25. The van der Waals surface area contributed by atoms with Gasteiger partial charge < -0.3 is 14.5 Å². The monoisotopic (exact) mass is 312 g/mol. The number of anilines is 1. The van der Waals surface area contributed by atoms with Crippen molar-refractivity contribution in [1.82, 2.24) is 4.90 Å². The standard InChI is InChI=1S/C15H24N2O3S/c1-4-21(18,19)15-8-6-5-7-14(15)17-9-10-20-13(12-17)11-16(2)3/h5-8,13H,4,9-12H2,1-3H3/t13-/m0/s1. The van der Waals surface area contributed by atoms with E-state index in [0.29, 0.717) is 18.0 Å². The highest BCUT2D eigenvalue weighted by Crippen LogP contribution is 2.27. The third-order valence-corrected chi connectivity index (χ3v) is 5.40. The molecule has 1 aromatic carbocycles. The molecule has 1 saturated heterocycles. The van der Waals surface area contributed by atoms with Crippen LogP contribution in [0.4, 0.5) is 5.69 Å². The number of para-hydroxylation sites is 1. The number of morpholine rings is 1. The Kier molecular flexibility index (Phi) is 5.24. The van der Waals surface area contributed by atoms with E-state index in [1.807, 2.05) is 26.2 Å². The third-order valence-electron chi connectivity index (χ3n) is 3.63. The fraction of sp³-hybridized carbons (Fsp3) is 0.600. The lowest BCUT2D eigenvalue weighted by Gasteiger charge is -2.36. The first-order chi connectivity index (χ1) is 9.94. The first kappa shape index (κ1) is 16.3. The summed E-state index contributed by atoms with van der Waals surface area (Å²) in [5.41, 5.74) is 0.798. The van der Waals surface area contributed by atoms with Crippen LogP contribution in [0.25, 0.3) is 0 Å². The summed E-state index contributed by atoms with van der Waals surface area (Å²) in [6, 6.07) is 7.26. The van der Waals surface area contributed by atoms with Gasteiger partial charge in [-0.1, -0.05) is 19.1 Å². The highest BCUT2D eigenvalue weighted by atomic mass is 32.2. The molecule has 1 atom stereocenters. The molecule has 0 saturated carbocycles. The Bertz CT molecular complexity index is 572. The second-order valence-electron chi connectivity index (χ2n) is 5.57. The smallest absolute Gasteiger partial charge is 0.180 e. The molecule has 0 unspecified atom stereocenters. The van der Waals surface area contributed by atoms with Gasteiger partial charge in [-0.05, 0) is 26.2 Å². The van der Waals surface area contributed by atoms with Crippen molar-refractivity contribution < 1.29 is 13.2 Å². The van der Waals surface area contributed by atoms with Crippen LogP contribution in [-0.2, 0) is 14.6 Å². The van der Waals surface area contributed by atoms with E-state index in [-0.39, 0.29) is 11.9 Å². The molecule has 1 aliphatic heterocycles. The van der Waals surface area contributed by atoms with Crippen molar-refractivity contribution >= 4 is 15.5 Å². The molecule has 6 heteroatoms. The number of benzene rings is 1. The number of hydrogen-bond acceptors (Lipinski definition) is 5. The average Bonchev–Trinajstić information content (AvgIpc) is 2.47. The summed E-state index contributed by atoms with van der Waals surface area (Å²) in [6.07, 6.45) is 0.103. The van der Waals surface area contributed by atoms with Crippen molar-refractivity contribution in [2.24, 2.45) is 0 Å². The quantitative estimate of drug-likeness (QED) is 0.819. The minimum absolute atomic E-state index is 0.103. The van der Waals surface area contributed by atoms with Crippen molar-refractivity contribution in [3.05, 3.63) is 24.3 Å². The molecule has 1 fully saturated rings. The van der Waals surface area contributed by atoms with E-state index in [0.717, 1.165) is 18.8 Å². The van der Waals surface area contributed by atoms with E-state index >= 15 is 0 Å². The maximum absolute atomic E-state index is 12.3. The van der Waals surface area contributed by atoms with Gasteiger partial charge in [-0.3, -0.25) is 0 Å². The summed E-state index contributed by atoms with van der Waals surface area (Å²) < 4.78 is 30.3. The Morgan fingerprint density at radius 3 is 2.71 bits per heavy atom. The zero-order valence-electron chi connectivity index (χ0n) is 12.9. The molecule has 118 valence electrons. The van der Waals surface area contributed by atoms with E-state index in [4.69, 9.17) is 4.74 Å². The average molecular weight is 312 g/mol. The van der Waals surface area contributed by atoms with E-state index in [1.165, 1.54) is 0 Å². The van der Waals surface area contributed by atoms with E-state index in [1.54, 1.807) is 19.1 Å². The van der Waals surface area contributed by atoms with Crippen molar-refractivity contribution in [1.29, 1.82) is 0 Å². The number of likely N-dealkylation sites (N-methyl/N-ethyl adjacent to an activating group) is 1. The second kappa shape index (κ2) is 6.77. The minimum Gasteiger partial charge on any atom is -0.373 e. The molecule has 1 aromatic rings. The molecule has 5 nitrogen and oxygen atoms in total. The summed E-state index contributed by atoms with van der Waals surface area (Å²) >= 11 is 0. The zero-order chi connectivity index (χ0) is 15.5. The maximum atomic E-state index is 12.3. The van der Waals surface area contributed by atoms with Crippen LogP contribution in [0.3, 0.4) is 0 Å².